The molecule has 0 radical (unpaired) electrons. The van der Waals surface area contributed by atoms with Gasteiger partial charge in [0.05, 0.1) is 6.61 Å². The Bertz CT molecular complexity index is 396. The summed E-state index contributed by atoms with van der Waals surface area (Å²) < 4.78 is 18.2. The van der Waals surface area contributed by atoms with Gasteiger partial charge in [0.15, 0.2) is 0 Å². The van der Waals surface area contributed by atoms with Gasteiger partial charge in [-0.25, -0.2) is 4.39 Å². The Balaban J connectivity index is 2.61. The number of halogens is 1. The molecule has 17 heavy (non-hydrogen) atoms. The van der Waals surface area contributed by atoms with Gasteiger partial charge in [-0.15, -0.1) is 11.8 Å². The molecule has 1 aromatic rings. The first kappa shape index (κ1) is 14.0. The molecule has 0 amide bonds. The summed E-state index contributed by atoms with van der Waals surface area (Å²) in [5.74, 6) is -0.506. The number of nitrogens with two attached hydrogens (primary N) is 1. The van der Waals surface area contributed by atoms with Gasteiger partial charge in [-0.3, -0.25) is 4.79 Å². The predicted octanol–water partition coefficient (Wildman–Crippen LogP) is 2.20. The van der Waals surface area contributed by atoms with Gasteiger partial charge in [0.2, 0.25) is 0 Å². The molecule has 0 fully saturated rings. The molecule has 0 saturated heterocycles. The van der Waals surface area contributed by atoms with E-state index in [0.717, 1.165) is 0 Å². The minimum atomic E-state index is -1.11. The highest BCUT2D eigenvalue weighted by Crippen LogP contribution is 2.24. The monoisotopic (exact) mass is 257 g/mol. The second-order valence-corrected chi connectivity index (χ2v) is 4.87. The lowest BCUT2D eigenvalue weighted by Crippen LogP contribution is -2.48. The Morgan fingerprint density at radius 1 is 1.53 bits per heavy atom. The van der Waals surface area contributed by atoms with Crippen LogP contribution in [0.3, 0.4) is 0 Å². The van der Waals surface area contributed by atoms with Crippen LogP contribution in [0.15, 0.2) is 29.2 Å². The van der Waals surface area contributed by atoms with E-state index in [4.69, 9.17) is 10.5 Å². The van der Waals surface area contributed by atoms with Crippen molar-refractivity contribution in [2.75, 3.05) is 12.4 Å². The third kappa shape index (κ3) is 4.02. The topological polar surface area (TPSA) is 52.3 Å². The van der Waals surface area contributed by atoms with Crippen molar-refractivity contribution in [1.82, 2.24) is 0 Å². The van der Waals surface area contributed by atoms with E-state index < -0.39 is 11.5 Å². The molecule has 0 saturated carbocycles. The molecule has 0 aliphatic heterocycles. The van der Waals surface area contributed by atoms with Crippen molar-refractivity contribution in [3.8, 4) is 0 Å². The van der Waals surface area contributed by atoms with Crippen molar-refractivity contribution < 1.29 is 13.9 Å². The molecule has 0 spiro atoms. The maximum absolute atomic E-state index is 13.3. The second kappa shape index (κ2) is 6.02. The molecule has 0 aliphatic rings. The number of hydrogen-bond acceptors (Lipinski definition) is 4. The maximum Gasteiger partial charge on any atom is 0.326 e. The zero-order valence-corrected chi connectivity index (χ0v) is 10.7. The van der Waals surface area contributed by atoms with Crippen LogP contribution < -0.4 is 5.73 Å². The van der Waals surface area contributed by atoms with Crippen molar-refractivity contribution in [2.45, 2.75) is 24.3 Å². The fraction of sp³-hybridized carbons (Fsp3) is 0.417. The largest absolute Gasteiger partial charge is 0.465 e. The first-order chi connectivity index (χ1) is 7.97. The molecule has 1 atom stereocenters. The number of thioether (sulfide) groups is 1. The smallest absolute Gasteiger partial charge is 0.326 e. The Labute approximate surface area is 105 Å². The van der Waals surface area contributed by atoms with E-state index in [9.17, 15) is 9.18 Å². The summed E-state index contributed by atoms with van der Waals surface area (Å²) in [6.07, 6.45) is 0. The molecule has 5 heteroatoms. The Hall–Kier alpha value is -1.07. The van der Waals surface area contributed by atoms with Gasteiger partial charge >= 0.3 is 5.97 Å². The molecule has 1 rings (SSSR count). The molecular formula is C12H16FNO2S. The first-order valence-electron chi connectivity index (χ1n) is 5.31. The fourth-order valence-electron chi connectivity index (χ4n) is 1.14. The zero-order chi connectivity index (χ0) is 12.9. The van der Waals surface area contributed by atoms with Crippen LogP contribution in [-0.2, 0) is 9.53 Å². The van der Waals surface area contributed by atoms with Crippen molar-refractivity contribution in [3.63, 3.8) is 0 Å². The molecule has 0 bridgehead atoms. The van der Waals surface area contributed by atoms with Gasteiger partial charge in [-0.2, -0.15) is 0 Å². The van der Waals surface area contributed by atoms with Gasteiger partial charge in [0.1, 0.15) is 11.4 Å². The molecule has 1 unspecified atom stereocenters. The number of hydrogen-bond donors (Lipinski definition) is 1. The highest BCUT2D eigenvalue weighted by molar-refractivity contribution is 7.99. The number of rotatable bonds is 5. The Kier molecular flexibility index (Phi) is 4.96. The van der Waals surface area contributed by atoms with Gasteiger partial charge < -0.3 is 10.5 Å². The number of carbonyl (C=O) groups is 1. The summed E-state index contributed by atoms with van der Waals surface area (Å²) in [5.41, 5.74) is 4.72. The van der Waals surface area contributed by atoms with E-state index in [1.54, 1.807) is 32.0 Å². The maximum atomic E-state index is 13.3. The molecule has 0 aliphatic carbocycles. The van der Waals surface area contributed by atoms with Gasteiger partial charge in [-0.05, 0) is 26.0 Å². The zero-order valence-electron chi connectivity index (χ0n) is 9.90. The van der Waals surface area contributed by atoms with Crippen molar-refractivity contribution in [2.24, 2.45) is 5.73 Å². The van der Waals surface area contributed by atoms with E-state index in [0.29, 0.717) is 4.90 Å². The molecule has 0 aromatic heterocycles. The number of carbonyl (C=O) groups excluding carboxylic acids is 1. The summed E-state index contributed by atoms with van der Waals surface area (Å²) in [7, 11) is 0. The van der Waals surface area contributed by atoms with Gasteiger partial charge in [0.25, 0.3) is 0 Å². The minimum Gasteiger partial charge on any atom is -0.465 e. The van der Waals surface area contributed by atoms with Crippen LogP contribution in [0.4, 0.5) is 4.39 Å². The lowest BCUT2D eigenvalue weighted by molar-refractivity contribution is -0.148. The van der Waals surface area contributed by atoms with Crippen LogP contribution in [0.25, 0.3) is 0 Å². The van der Waals surface area contributed by atoms with Crippen molar-refractivity contribution in [3.05, 3.63) is 30.1 Å². The van der Waals surface area contributed by atoms with Gasteiger partial charge in [0, 0.05) is 10.6 Å². The quantitative estimate of drug-likeness (QED) is 0.649. The predicted molar refractivity (Wildman–Crippen MR) is 66.3 cm³/mol. The third-order valence-electron chi connectivity index (χ3n) is 2.11. The SMILES string of the molecule is CCOC(=O)C(C)(N)CSc1ccccc1F. The van der Waals surface area contributed by atoms with Crippen LogP contribution >= 0.6 is 11.8 Å². The standard InChI is InChI=1S/C12H16FNO2S/c1-3-16-11(15)12(2,14)8-17-10-7-5-4-6-9(10)13/h4-7H,3,8,14H2,1-2H3. The van der Waals surface area contributed by atoms with Crippen LogP contribution in [0.5, 0.6) is 0 Å². The number of esters is 1. The first-order valence-corrected chi connectivity index (χ1v) is 6.29. The molecule has 94 valence electrons. The normalized spacial score (nSPS) is 14.1. The molecule has 1 aromatic carbocycles. The molecule has 3 nitrogen and oxygen atoms in total. The average Bonchev–Trinajstić information content (AvgIpc) is 2.28. The minimum absolute atomic E-state index is 0.271. The molecule has 2 N–H and O–H groups in total. The van der Waals surface area contributed by atoms with Crippen molar-refractivity contribution >= 4 is 17.7 Å². The average molecular weight is 257 g/mol. The number of benzene rings is 1. The second-order valence-electron chi connectivity index (χ2n) is 3.86. The van der Waals surface area contributed by atoms with E-state index in [1.165, 1.54) is 17.8 Å². The molecule has 0 heterocycles. The highest BCUT2D eigenvalue weighted by atomic mass is 32.2. The van der Waals surface area contributed by atoms with E-state index in [2.05, 4.69) is 0 Å². The van der Waals surface area contributed by atoms with Crippen LogP contribution in [0.1, 0.15) is 13.8 Å². The lowest BCUT2D eigenvalue weighted by Gasteiger charge is -2.21. The van der Waals surface area contributed by atoms with Crippen LogP contribution in [0.2, 0.25) is 0 Å². The number of ether oxygens (including phenoxy) is 1. The summed E-state index contributed by atoms with van der Waals surface area (Å²) >= 11 is 1.21. The fourth-order valence-corrected chi connectivity index (χ4v) is 2.10. The van der Waals surface area contributed by atoms with Gasteiger partial charge in [-0.1, -0.05) is 12.1 Å². The van der Waals surface area contributed by atoms with E-state index in [1.807, 2.05) is 0 Å². The highest BCUT2D eigenvalue weighted by Gasteiger charge is 2.30. The third-order valence-corrected chi connectivity index (χ3v) is 3.49. The Morgan fingerprint density at radius 2 is 2.18 bits per heavy atom. The summed E-state index contributed by atoms with van der Waals surface area (Å²) in [6, 6.07) is 6.39. The molecular weight excluding hydrogens is 241 g/mol. The van der Waals surface area contributed by atoms with Crippen molar-refractivity contribution in [1.29, 1.82) is 0 Å². The summed E-state index contributed by atoms with van der Waals surface area (Å²) in [6.45, 7) is 3.59. The van der Waals surface area contributed by atoms with Crippen LogP contribution in [0, 0.1) is 5.82 Å². The van der Waals surface area contributed by atoms with Crippen LogP contribution in [-0.4, -0.2) is 23.9 Å². The summed E-state index contributed by atoms with van der Waals surface area (Å²) in [5, 5.41) is 0. The summed E-state index contributed by atoms with van der Waals surface area (Å²) in [4.78, 5) is 12.0. The van der Waals surface area contributed by atoms with E-state index in [-0.39, 0.29) is 18.2 Å². The lowest BCUT2D eigenvalue weighted by atomic mass is 10.1. The van der Waals surface area contributed by atoms with E-state index >= 15 is 0 Å². The Morgan fingerprint density at radius 3 is 2.76 bits per heavy atom.